The Bertz CT molecular complexity index is 1390. The van der Waals surface area contributed by atoms with Crippen molar-refractivity contribution in [3.05, 3.63) is 94.6 Å². The number of ketones is 1. The fraction of sp³-hybridized carbons (Fsp3) is 0.207. The Morgan fingerprint density at radius 1 is 0.946 bits per heavy atom. The van der Waals surface area contributed by atoms with Crippen molar-refractivity contribution in [2.45, 2.75) is 13.0 Å². The summed E-state index contributed by atoms with van der Waals surface area (Å²) < 4.78 is 10.2. The van der Waals surface area contributed by atoms with Gasteiger partial charge in [-0.15, -0.1) is 0 Å². The monoisotopic (exact) mass is 500 g/mol. The highest BCUT2D eigenvalue weighted by atomic mass is 16.5. The number of hydrogen-bond donors (Lipinski definition) is 1. The quantitative estimate of drug-likeness (QED) is 0.231. The van der Waals surface area contributed by atoms with E-state index in [1.54, 1.807) is 24.3 Å². The molecule has 37 heavy (non-hydrogen) atoms. The molecule has 1 heterocycles. The minimum absolute atomic E-state index is 0.0523. The van der Waals surface area contributed by atoms with Crippen molar-refractivity contribution < 1.29 is 29.0 Å². The molecule has 1 atom stereocenters. The van der Waals surface area contributed by atoms with Crippen LogP contribution in [0.4, 0.5) is 11.4 Å². The normalized spacial score (nSPS) is 16.6. The molecule has 8 nitrogen and oxygen atoms in total. The van der Waals surface area contributed by atoms with Gasteiger partial charge in [-0.05, 0) is 61.0 Å². The van der Waals surface area contributed by atoms with Crippen LogP contribution in [0.3, 0.4) is 0 Å². The van der Waals surface area contributed by atoms with Gasteiger partial charge in [0.1, 0.15) is 11.5 Å². The van der Waals surface area contributed by atoms with E-state index in [9.17, 15) is 19.5 Å². The topological polar surface area (TPSA) is 96.4 Å². The molecule has 0 spiro atoms. The van der Waals surface area contributed by atoms with Crippen molar-refractivity contribution in [2.24, 2.45) is 0 Å². The van der Waals surface area contributed by atoms with Gasteiger partial charge in [0.2, 0.25) is 0 Å². The Morgan fingerprint density at radius 2 is 1.59 bits per heavy atom. The molecule has 190 valence electrons. The van der Waals surface area contributed by atoms with Gasteiger partial charge in [-0.3, -0.25) is 14.5 Å². The van der Waals surface area contributed by atoms with Crippen LogP contribution in [0.1, 0.15) is 33.1 Å². The van der Waals surface area contributed by atoms with Gasteiger partial charge in [0.15, 0.2) is 0 Å². The summed E-state index contributed by atoms with van der Waals surface area (Å²) in [6, 6.07) is 17.9. The first-order valence-electron chi connectivity index (χ1n) is 11.6. The Labute approximate surface area is 215 Å². The van der Waals surface area contributed by atoms with E-state index in [0.717, 1.165) is 11.3 Å². The van der Waals surface area contributed by atoms with E-state index in [-0.39, 0.29) is 11.3 Å². The van der Waals surface area contributed by atoms with Crippen molar-refractivity contribution >= 4 is 34.8 Å². The molecule has 0 saturated carbocycles. The predicted molar refractivity (Wildman–Crippen MR) is 141 cm³/mol. The molecule has 1 aliphatic heterocycles. The lowest BCUT2D eigenvalue weighted by Gasteiger charge is -2.26. The van der Waals surface area contributed by atoms with Crippen molar-refractivity contribution in [3.63, 3.8) is 0 Å². The molecular weight excluding hydrogens is 472 g/mol. The third kappa shape index (κ3) is 4.65. The van der Waals surface area contributed by atoms with Crippen LogP contribution in [0.25, 0.3) is 5.76 Å². The molecule has 4 rings (SSSR count). The fourth-order valence-electron chi connectivity index (χ4n) is 4.40. The lowest BCUT2D eigenvalue weighted by Crippen LogP contribution is -2.29. The van der Waals surface area contributed by atoms with Gasteiger partial charge in [-0.2, -0.15) is 0 Å². The van der Waals surface area contributed by atoms with E-state index in [4.69, 9.17) is 9.47 Å². The average molecular weight is 501 g/mol. The Morgan fingerprint density at radius 3 is 2.16 bits per heavy atom. The van der Waals surface area contributed by atoms with Crippen LogP contribution in [0.2, 0.25) is 0 Å². The zero-order valence-corrected chi connectivity index (χ0v) is 21.3. The third-order valence-electron chi connectivity index (χ3n) is 6.35. The predicted octanol–water partition coefficient (Wildman–Crippen LogP) is 4.48. The van der Waals surface area contributed by atoms with E-state index in [1.807, 2.05) is 56.3 Å². The van der Waals surface area contributed by atoms with Gasteiger partial charge >= 0.3 is 5.97 Å². The second-order valence-electron chi connectivity index (χ2n) is 8.90. The number of methoxy groups -OCH3 is 2. The van der Waals surface area contributed by atoms with Crippen LogP contribution in [-0.4, -0.2) is 51.1 Å². The second kappa shape index (κ2) is 10.2. The molecule has 8 heteroatoms. The zero-order chi connectivity index (χ0) is 26.9. The summed E-state index contributed by atoms with van der Waals surface area (Å²) in [5, 5.41) is 11.5. The van der Waals surface area contributed by atoms with Gasteiger partial charge in [0.05, 0.1) is 37.0 Å². The molecule has 1 fully saturated rings. The number of rotatable bonds is 6. The van der Waals surface area contributed by atoms with E-state index in [2.05, 4.69) is 0 Å². The molecule has 1 N–H and O–H groups in total. The van der Waals surface area contributed by atoms with Gasteiger partial charge in [-0.25, -0.2) is 4.79 Å². The molecule has 1 amide bonds. The fourth-order valence-corrected chi connectivity index (χ4v) is 4.40. The molecule has 0 aromatic heterocycles. The van der Waals surface area contributed by atoms with Crippen LogP contribution >= 0.6 is 0 Å². The summed E-state index contributed by atoms with van der Waals surface area (Å²) in [5.74, 6) is -2.08. The first kappa shape index (κ1) is 25.5. The largest absolute Gasteiger partial charge is 0.507 e. The summed E-state index contributed by atoms with van der Waals surface area (Å²) in [7, 11) is 6.58. The van der Waals surface area contributed by atoms with Crippen molar-refractivity contribution in [1.29, 1.82) is 0 Å². The number of aryl methyl sites for hydroxylation is 1. The maximum atomic E-state index is 13.4. The van der Waals surface area contributed by atoms with Gasteiger partial charge in [0.25, 0.3) is 11.7 Å². The SMILES string of the molecule is COC(=O)c1ccc(N2C(=O)C(=O)/C(=C(/O)c3cc(C)ccc3OC)C2c2ccc(N(C)C)cc2)cc1. The van der Waals surface area contributed by atoms with Crippen molar-refractivity contribution in [2.75, 3.05) is 38.1 Å². The Hall–Kier alpha value is -4.59. The minimum Gasteiger partial charge on any atom is -0.507 e. The lowest BCUT2D eigenvalue weighted by atomic mass is 9.94. The zero-order valence-electron chi connectivity index (χ0n) is 21.3. The third-order valence-corrected chi connectivity index (χ3v) is 6.35. The number of aliphatic hydroxyl groups excluding tert-OH is 1. The Balaban J connectivity index is 1.93. The first-order chi connectivity index (χ1) is 17.7. The number of hydrogen-bond acceptors (Lipinski definition) is 7. The number of carbonyl (C=O) groups excluding carboxylic acids is 3. The van der Waals surface area contributed by atoms with Crippen LogP contribution < -0.4 is 14.5 Å². The molecule has 1 saturated heterocycles. The molecule has 1 unspecified atom stereocenters. The minimum atomic E-state index is -0.912. The highest BCUT2D eigenvalue weighted by molar-refractivity contribution is 6.51. The molecule has 1 aliphatic rings. The highest BCUT2D eigenvalue weighted by Crippen LogP contribution is 2.43. The maximum Gasteiger partial charge on any atom is 0.337 e. The molecule has 0 aliphatic carbocycles. The maximum absolute atomic E-state index is 13.4. The number of aliphatic hydroxyl groups is 1. The molecule has 3 aromatic rings. The highest BCUT2D eigenvalue weighted by Gasteiger charge is 2.47. The number of anilines is 2. The van der Waals surface area contributed by atoms with Crippen LogP contribution in [0, 0.1) is 6.92 Å². The second-order valence-corrected chi connectivity index (χ2v) is 8.90. The van der Waals surface area contributed by atoms with E-state index < -0.39 is 23.7 Å². The number of nitrogens with zero attached hydrogens (tertiary/aromatic N) is 2. The summed E-state index contributed by atoms with van der Waals surface area (Å²) in [6.45, 7) is 1.86. The standard InChI is InChI=1S/C29H28N2O6/c1-17-6-15-23(36-4)22(16-17)26(32)24-25(18-7-11-20(12-8-18)30(2)3)31(28(34)27(24)33)21-13-9-19(10-14-21)29(35)37-5/h6-16,25,32H,1-5H3/b26-24+. The summed E-state index contributed by atoms with van der Waals surface area (Å²) >= 11 is 0. The average Bonchev–Trinajstić information content (AvgIpc) is 3.17. The number of esters is 1. The molecule has 3 aromatic carbocycles. The van der Waals surface area contributed by atoms with Crippen LogP contribution in [-0.2, 0) is 14.3 Å². The number of amides is 1. The van der Waals surface area contributed by atoms with Gasteiger partial charge in [-0.1, -0.05) is 23.8 Å². The molecular formula is C29H28N2O6. The summed E-state index contributed by atoms with van der Waals surface area (Å²) in [4.78, 5) is 42.0. The number of Topliss-reactive ketones (excluding diaryl/α,β-unsaturated/α-hetero) is 1. The molecule has 0 radical (unpaired) electrons. The van der Waals surface area contributed by atoms with Gasteiger partial charge in [0, 0.05) is 25.5 Å². The Kier molecular flexibility index (Phi) is 7.02. The smallest absolute Gasteiger partial charge is 0.337 e. The van der Waals surface area contributed by atoms with Crippen LogP contribution in [0.15, 0.2) is 72.3 Å². The number of ether oxygens (including phenoxy) is 2. The number of carbonyl (C=O) groups is 3. The number of benzene rings is 3. The first-order valence-corrected chi connectivity index (χ1v) is 11.6. The van der Waals surface area contributed by atoms with E-state index >= 15 is 0 Å². The van der Waals surface area contributed by atoms with E-state index in [0.29, 0.717) is 28.1 Å². The summed E-state index contributed by atoms with van der Waals surface area (Å²) in [5.41, 5.74) is 3.38. The van der Waals surface area contributed by atoms with Gasteiger partial charge < -0.3 is 19.5 Å². The van der Waals surface area contributed by atoms with Crippen LogP contribution in [0.5, 0.6) is 5.75 Å². The van der Waals surface area contributed by atoms with Crippen molar-refractivity contribution in [1.82, 2.24) is 0 Å². The van der Waals surface area contributed by atoms with E-state index in [1.165, 1.54) is 31.3 Å². The summed E-state index contributed by atoms with van der Waals surface area (Å²) in [6.07, 6.45) is 0. The van der Waals surface area contributed by atoms with Crippen molar-refractivity contribution in [3.8, 4) is 5.75 Å². The molecule has 0 bridgehead atoms. The lowest BCUT2D eigenvalue weighted by molar-refractivity contribution is -0.132.